The Bertz CT molecular complexity index is 292. The van der Waals surface area contributed by atoms with E-state index < -0.39 is 0 Å². The Morgan fingerprint density at radius 1 is 1.45 bits per heavy atom. The maximum Gasteiger partial charge on any atom is 0.161 e. The number of Topliss-reactive ketones (excluding diaryl/α,β-unsaturated/α-hetero) is 1. The Morgan fingerprint density at radius 2 is 2.09 bits per heavy atom. The average molecular weight is 148 g/mol. The molecule has 0 heterocycles. The highest BCUT2D eigenvalue weighted by Crippen LogP contribution is 2.15. The van der Waals surface area contributed by atoms with E-state index in [4.69, 9.17) is 5.73 Å². The first-order chi connectivity index (χ1) is 5.11. The number of benzene rings is 1. The second-order valence-electron chi connectivity index (χ2n) is 2.61. The average Bonchev–Trinajstić information content (AvgIpc) is 1.85. The van der Waals surface area contributed by atoms with Gasteiger partial charge in [-0.3, -0.25) is 4.79 Å². The molecule has 0 saturated heterocycles. The third-order valence-electron chi connectivity index (χ3n) is 1.55. The standard InChI is InChI=1S/C9H10NO/c1-6-3-4-8(7(2)11)9(10)5-6/h3-5,10H,1-2H3. The molecule has 0 aliphatic carbocycles. The van der Waals surface area contributed by atoms with Crippen LogP contribution in [0.5, 0.6) is 0 Å². The van der Waals surface area contributed by atoms with Gasteiger partial charge in [0.05, 0.1) is 5.69 Å². The van der Waals surface area contributed by atoms with Crippen molar-refractivity contribution in [3.05, 3.63) is 29.3 Å². The predicted octanol–water partition coefficient (Wildman–Crippen LogP) is 2.11. The lowest BCUT2D eigenvalue weighted by Crippen LogP contribution is -1.93. The van der Waals surface area contributed by atoms with Gasteiger partial charge in [-0.1, -0.05) is 6.07 Å². The molecule has 0 unspecified atom stereocenters. The highest BCUT2D eigenvalue weighted by atomic mass is 16.1. The normalized spacial score (nSPS) is 9.64. The fourth-order valence-corrected chi connectivity index (χ4v) is 0.965. The van der Waals surface area contributed by atoms with Gasteiger partial charge in [-0.05, 0) is 31.5 Å². The molecule has 1 radical (unpaired) electrons. The molecular formula is C9H10NO. The van der Waals surface area contributed by atoms with Gasteiger partial charge in [-0.25, -0.2) is 0 Å². The lowest BCUT2D eigenvalue weighted by Gasteiger charge is -2.00. The van der Waals surface area contributed by atoms with Gasteiger partial charge in [-0.2, -0.15) is 0 Å². The van der Waals surface area contributed by atoms with E-state index in [0.717, 1.165) is 5.56 Å². The van der Waals surface area contributed by atoms with Crippen LogP contribution < -0.4 is 5.73 Å². The molecule has 1 aromatic carbocycles. The van der Waals surface area contributed by atoms with Crippen molar-refractivity contribution in [3.8, 4) is 0 Å². The maximum atomic E-state index is 10.9. The molecule has 1 rings (SSSR count). The number of carbonyl (C=O) groups is 1. The number of nitrogens with one attached hydrogen (secondary N) is 1. The Kier molecular flexibility index (Phi) is 1.94. The Balaban J connectivity index is 3.20. The molecular weight excluding hydrogens is 138 g/mol. The number of rotatable bonds is 1. The molecule has 0 amide bonds. The van der Waals surface area contributed by atoms with Gasteiger partial charge in [0, 0.05) is 5.56 Å². The van der Waals surface area contributed by atoms with Crippen LogP contribution in [0.25, 0.3) is 0 Å². The Labute approximate surface area is 66.0 Å². The third kappa shape index (κ3) is 1.58. The van der Waals surface area contributed by atoms with Crippen LogP contribution in [0.1, 0.15) is 22.8 Å². The highest BCUT2D eigenvalue weighted by molar-refractivity contribution is 5.98. The first-order valence-electron chi connectivity index (χ1n) is 3.44. The van der Waals surface area contributed by atoms with Gasteiger partial charge in [0.1, 0.15) is 0 Å². The molecule has 0 aliphatic rings. The van der Waals surface area contributed by atoms with Crippen LogP contribution in [0.2, 0.25) is 0 Å². The van der Waals surface area contributed by atoms with Gasteiger partial charge in [0.15, 0.2) is 5.78 Å². The molecule has 0 bridgehead atoms. The van der Waals surface area contributed by atoms with Gasteiger partial charge in [0.2, 0.25) is 0 Å². The lowest BCUT2D eigenvalue weighted by molar-refractivity contribution is 0.101. The zero-order valence-corrected chi connectivity index (χ0v) is 6.64. The zero-order chi connectivity index (χ0) is 8.43. The summed E-state index contributed by atoms with van der Waals surface area (Å²) in [6.07, 6.45) is 0. The van der Waals surface area contributed by atoms with Crippen LogP contribution >= 0.6 is 0 Å². The van der Waals surface area contributed by atoms with Crippen molar-refractivity contribution in [2.45, 2.75) is 13.8 Å². The van der Waals surface area contributed by atoms with E-state index in [1.54, 1.807) is 12.1 Å². The van der Waals surface area contributed by atoms with E-state index in [-0.39, 0.29) is 5.78 Å². The molecule has 11 heavy (non-hydrogen) atoms. The van der Waals surface area contributed by atoms with Gasteiger partial charge >= 0.3 is 0 Å². The first kappa shape index (κ1) is 7.79. The molecule has 57 valence electrons. The summed E-state index contributed by atoms with van der Waals surface area (Å²) in [7, 11) is 0. The smallest absolute Gasteiger partial charge is 0.161 e. The molecule has 0 aliphatic heterocycles. The monoisotopic (exact) mass is 148 g/mol. The van der Waals surface area contributed by atoms with Gasteiger partial charge < -0.3 is 5.73 Å². The second kappa shape index (κ2) is 2.74. The van der Waals surface area contributed by atoms with Crippen LogP contribution in [0.15, 0.2) is 18.2 Å². The van der Waals surface area contributed by atoms with Gasteiger partial charge in [0.25, 0.3) is 0 Å². The summed E-state index contributed by atoms with van der Waals surface area (Å²) in [5, 5.41) is 0. The Hall–Kier alpha value is -1.31. The number of ketones is 1. The fraction of sp³-hybridized carbons (Fsp3) is 0.222. The zero-order valence-electron chi connectivity index (χ0n) is 6.64. The summed E-state index contributed by atoms with van der Waals surface area (Å²) in [6, 6.07) is 5.23. The quantitative estimate of drug-likeness (QED) is 0.562. The third-order valence-corrected chi connectivity index (χ3v) is 1.55. The van der Waals surface area contributed by atoms with Crippen molar-refractivity contribution in [2.24, 2.45) is 0 Å². The van der Waals surface area contributed by atoms with Crippen molar-refractivity contribution in [1.29, 1.82) is 0 Å². The summed E-state index contributed by atoms with van der Waals surface area (Å²) in [5.74, 6) is -0.0463. The van der Waals surface area contributed by atoms with Crippen molar-refractivity contribution in [1.82, 2.24) is 5.73 Å². The molecule has 0 atom stereocenters. The van der Waals surface area contributed by atoms with Crippen LogP contribution in [-0.4, -0.2) is 5.78 Å². The molecule has 2 heteroatoms. The number of aryl methyl sites for hydroxylation is 1. The van der Waals surface area contributed by atoms with Crippen LogP contribution in [0.3, 0.4) is 0 Å². The SMILES string of the molecule is CC(=O)c1ccc(C)cc1[NH]. The topological polar surface area (TPSA) is 40.9 Å². The minimum absolute atomic E-state index is 0.0463. The fourth-order valence-electron chi connectivity index (χ4n) is 0.965. The summed E-state index contributed by atoms with van der Waals surface area (Å²) < 4.78 is 0. The number of hydrogen-bond donors (Lipinski definition) is 0. The van der Waals surface area contributed by atoms with Crippen molar-refractivity contribution in [3.63, 3.8) is 0 Å². The predicted molar refractivity (Wildman–Crippen MR) is 43.9 cm³/mol. The minimum Gasteiger partial charge on any atom is -0.300 e. The van der Waals surface area contributed by atoms with E-state index in [1.165, 1.54) is 6.92 Å². The molecule has 2 nitrogen and oxygen atoms in total. The summed E-state index contributed by atoms with van der Waals surface area (Å²) in [6.45, 7) is 3.38. The van der Waals surface area contributed by atoms with Crippen LogP contribution in [-0.2, 0) is 0 Å². The minimum atomic E-state index is -0.0463. The maximum absolute atomic E-state index is 10.9. The van der Waals surface area contributed by atoms with Crippen LogP contribution in [0.4, 0.5) is 5.69 Å². The van der Waals surface area contributed by atoms with E-state index in [0.29, 0.717) is 11.3 Å². The number of carbonyl (C=O) groups excluding carboxylic acids is 1. The van der Waals surface area contributed by atoms with Crippen molar-refractivity contribution >= 4 is 11.5 Å². The molecule has 1 N–H and O–H groups in total. The first-order valence-corrected chi connectivity index (χ1v) is 3.44. The number of hydrogen-bond acceptors (Lipinski definition) is 1. The Morgan fingerprint density at radius 3 is 2.55 bits per heavy atom. The molecule has 0 fully saturated rings. The van der Waals surface area contributed by atoms with E-state index in [9.17, 15) is 4.79 Å². The molecule has 1 aromatic rings. The summed E-state index contributed by atoms with van der Waals surface area (Å²) in [4.78, 5) is 10.9. The van der Waals surface area contributed by atoms with Crippen LogP contribution in [0, 0.1) is 6.92 Å². The highest BCUT2D eigenvalue weighted by Gasteiger charge is 2.03. The van der Waals surface area contributed by atoms with E-state index in [1.807, 2.05) is 13.0 Å². The van der Waals surface area contributed by atoms with Gasteiger partial charge in [-0.15, -0.1) is 0 Å². The van der Waals surface area contributed by atoms with Crippen molar-refractivity contribution in [2.75, 3.05) is 0 Å². The van der Waals surface area contributed by atoms with E-state index in [2.05, 4.69) is 0 Å². The summed E-state index contributed by atoms with van der Waals surface area (Å²) in [5.41, 5.74) is 9.25. The van der Waals surface area contributed by atoms with E-state index >= 15 is 0 Å². The second-order valence-corrected chi connectivity index (χ2v) is 2.61. The van der Waals surface area contributed by atoms with Crippen molar-refractivity contribution < 1.29 is 4.79 Å². The largest absolute Gasteiger partial charge is 0.300 e. The summed E-state index contributed by atoms with van der Waals surface area (Å²) >= 11 is 0. The molecule has 0 aromatic heterocycles. The lowest BCUT2D eigenvalue weighted by atomic mass is 10.1. The molecule has 0 saturated carbocycles. The molecule has 0 spiro atoms.